The van der Waals surface area contributed by atoms with Gasteiger partial charge in [-0.3, -0.25) is 9.48 Å². The van der Waals surface area contributed by atoms with Crippen molar-refractivity contribution in [1.82, 2.24) is 9.78 Å². The number of aryl methyl sites for hydroxylation is 1. The second-order valence-corrected chi connectivity index (χ2v) is 4.68. The smallest absolute Gasteiger partial charge is 0.306 e. The van der Waals surface area contributed by atoms with Crippen LogP contribution in [0.1, 0.15) is 32.9 Å². The molecule has 0 bridgehead atoms. The topological polar surface area (TPSA) is 55.1 Å². The van der Waals surface area contributed by atoms with E-state index in [9.17, 15) is 4.79 Å². The fourth-order valence-electron chi connectivity index (χ4n) is 1.57. The van der Waals surface area contributed by atoms with Gasteiger partial charge < -0.3 is 5.11 Å². The van der Waals surface area contributed by atoms with E-state index in [0.717, 1.165) is 18.7 Å². The van der Waals surface area contributed by atoms with E-state index in [1.54, 1.807) is 13.1 Å². The molecule has 16 heavy (non-hydrogen) atoms. The second-order valence-electron chi connectivity index (χ2n) is 4.68. The molecule has 1 atom stereocenters. The third-order valence-corrected chi connectivity index (χ3v) is 2.60. The molecule has 0 aliphatic rings. The molecule has 0 aliphatic carbocycles. The van der Waals surface area contributed by atoms with Gasteiger partial charge in [-0.2, -0.15) is 5.10 Å². The van der Waals surface area contributed by atoms with Gasteiger partial charge in [0, 0.05) is 18.4 Å². The Balaban J connectivity index is 2.53. The number of hydrogen-bond acceptors (Lipinski definition) is 2. The zero-order valence-electron chi connectivity index (χ0n) is 10.2. The minimum Gasteiger partial charge on any atom is -0.481 e. The Morgan fingerprint density at radius 2 is 2.19 bits per heavy atom. The van der Waals surface area contributed by atoms with Crippen LogP contribution < -0.4 is 0 Å². The molecule has 0 spiro atoms. The van der Waals surface area contributed by atoms with Crippen LogP contribution in [0.25, 0.3) is 0 Å². The summed E-state index contributed by atoms with van der Waals surface area (Å²) in [5, 5.41) is 13.1. The Labute approximate surface area is 96.3 Å². The first kappa shape index (κ1) is 12.7. The third-order valence-electron chi connectivity index (χ3n) is 2.60. The third kappa shape index (κ3) is 3.68. The highest BCUT2D eigenvalue weighted by Crippen LogP contribution is 2.11. The van der Waals surface area contributed by atoms with E-state index in [-0.39, 0.29) is 5.92 Å². The summed E-state index contributed by atoms with van der Waals surface area (Å²) >= 11 is 0. The quantitative estimate of drug-likeness (QED) is 0.805. The summed E-state index contributed by atoms with van der Waals surface area (Å²) in [6, 6.07) is 1.97. The zero-order valence-corrected chi connectivity index (χ0v) is 10.2. The Bertz CT molecular complexity index is 345. The van der Waals surface area contributed by atoms with Gasteiger partial charge in [-0.15, -0.1) is 0 Å². The summed E-state index contributed by atoms with van der Waals surface area (Å²) in [6.45, 7) is 6.92. The highest BCUT2D eigenvalue weighted by atomic mass is 16.4. The molecule has 1 aromatic heterocycles. The molecule has 0 radical (unpaired) electrons. The van der Waals surface area contributed by atoms with Crippen molar-refractivity contribution in [2.45, 2.75) is 40.2 Å². The van der Waals surface area contributed by atoms with Crippen molar-refractivity contribution in [2.24, 2.45) is 11.8 Å². The van der Waals surface area contributed by atoms with Gasteiger partial charge in [-0.25, -0.2) is 0 Å². The van der Waals surface area contributed by atoms with Crippen molar-refractivity contribution >= 4 is 5.97 Å². The summed E-state index contributed by atoms with van der Waals surface area (Å²) in [4.78, 5) is 10.7. The molecule has 1 rings (SSSR count). The molecule has 1 unspecified atom stereocenters. The van der Waals surface area contributed by atoms with Crippen molar-refractivity contribution < 1.29 is 9.90 Å². The van der Waals surface area contributed by atoms with Crippen LogP contribution in [-0.4, -0.2) is 20.9 Å². The molecule has 0 saturated heterocycles. The summed E-state index contributed by atoms with van der Waals surface area (Å²) < 4.78 is 1.97. The molecule has 1 heterocycles. The fourth-order valence-corrected chi connectivity index (χ4v) is 1.57. The fraction of sp³-hybridized carbons (Fsp3) is 0.667. The van der Waals surface area contributed by atoms with Crippen LogP contribution in [0.15, 0.2) is 12.3 Å². The molecule has 0 aliphatic heterocycles. The molecule has 0 amide bonds. The monoisotopic (exact) mass is 224 g/mol. The van der Waals surface area contributed by atoms with Crippen LogP contribution >= 0.6 is 0 Å². The number of aliphatic carboxylic acids is 1. The largest absolute Gasteiger partial charge is 0.481 e. The Hall–Kier alpha value is -1.32. The number of carbonyl (C=O) groups is 1. The van der Waals surface area contributed by atoms with Crippen LogP contribution in [-0.2, 0) is 17.8 Å². The number of rotatable bonds is 6. The predicted octanol–water partition coefficient (Wildman–Crippen LogP) is 2.19. The van der Waals surface area contributed by atoms with E-state index in [1.807, 2.05) is 10.7 Å². The van der Waals surface area contributed by atoms with Gasteiger partial charge in [0.25, 0.3) is 0 Å². The van der Waals surface area contributed by atoms with Gasteiger partial charge >= 0.3 is 5.97 Å². The maximum absolute atomic E-state index is 10.7. The Morgan fingerprint density at radius 3 is 2.75 bits per heavy atom. The first-order valence-electron chi connectivity index (χ1n) is 5.74. The van der Waals surface area contributed by atoms with Gasteiger partial charge in [0.05, 0.1) is 5.92 Å². The van der Waals surface area contributed by atoms with Gasteiger partial charge in [0.15, 0.2) is 0 Å². The van der Waals surface area contributed by atoms with Crippen molar-refractivity contribution in [3.8, 4) is 0 Å². The molecule has 0 fully saturated rings. The van der Waals surface area contributed by atoms with Crippen molar-refractivity contribution in [2.75, 3.05) is 0 Å². The van der Waals surface area contributed by atoms with Crippen molar-refractivity contribution in [3.63, 3.8) is 0 Å². The number of hydrogen-bond donors (Lipinski definition) is 1. The van der Waals surface area contributed by atoms with Gasteiger partial charge in [0.1, 0.15) is 0 Å². The molecule has 4 nitrogen and oxygen atoms in total. The number of aromatic nitrogens is 2. The maximum atomic E-state index is 10.7. The van der Waals surface area contributed by atoms with Crippen LogP contribution in [0.5, 0.6) is 0 Å². The lowest BCUT2D eigenvalue weighted by Gasteiger charge is -2.11. The van der Waals surface area contributed by atoms with Crippen molar-refractivity contribution in [3.05, 3.63) is 18.0 Å². The second kappa shape index (κ2) is 5.68. The van der Waals surface area contributed by atoms with Crippen LogP contribution in [0, 0.1) is 11.8 Å². The molecule has 1 aromatic rings. The van der Waals surface area contributed by atoms with E-state index in [1.165, 1.54) is 0 Å². The van der Waals surface area contributed by atoms with Gasteiger partial charge in [0.2, 0.25) is 0 Å². The summed E-state index contributed by atoms with van der Waals surface area (Å²) in [5.41, 5.74) is 1.13. The lowest BCUT2D eigenvalue weighted by molar-refractivity contribution is -0.141. The predicted molar refractivity (Wildman–Crippen MR) is 62.2 cm³/mol. The van der Waals surface area contributed by atoms with Gasteiger partial charge in [-0.05, 0) is 24.8 Å². The first-order valence-corrected chi connectivity index (χ1v) is 5.74. The highest BCUT2D eigenvalue weighted by molar-refractivity contribution is 5.69. The Morgan fingerprint density at radius 1 is 1.50 bits per heavy atom. The number of carboxylic acid groups (broad SMARTS) is 1. The van der Waals surface area contributed by atoms with Crippen LogP contribution in [0.3, 0.4) is 0 Å². The zero-order chi connectivity index (χ0) is 12.1. The first-order chi connectivity index (χ1) is 7.50. The van der Waals surface area contributed by atoms with E-state index < -0.39 is 5.97 Å². The normalized spacial score (nSPS) is 13.0. The highest BCUT2D eigenvalue weighted by Gasteiger charge is 2.12. The minimum atomic E-state index is -0.727. The minimum absolute atomic E-state index is 0.289. The average molecular weight is 224 g/mol. The van der Waals surface area contributed by atoms with E-state index >= 15 is 0 Å². The van der Waals surface area contributed by atoms with Crippen LogP contribution in [0.4, 0.5) is 0 Å². The van der Waals surface area contributed by atoms with Gasteiger partial charge in [-0.1, -0.05) is 20.8 Å². The molecule has 0 aromatic carbocycles. The van der Waals surface area contributed by atoms with Crippen LogP contribution in [0.2, 0.25) is 0 Å². The lowest BCUT2D eigenvalue weighted by atomic mass is 10.0. The van der Waals surface area contributed by atoms with E-state index in [2.05, 4.69) is 18.9 Å². The summed E-state index contributed by atoms with van der Waals surface area (Å²) in [7, 11) is 0. The van der Waals surface area contributed by atoms with Crippen molar-refractivity contribution in [1.29, 1.82) is 0 Å². The maximum Gasteiger partial charge on any atom is 0.306 e. The molecule has 90 valence electrons. The average Bonchev–Trinajstić information content (AvgIpc) is 2.60. The SMILES string of the molecule is CC(C)Cn1nccc1CCC(C)C(=O)O. The lowest BCUT2D eigenvalue weighted by Crippen LogP contribution is -2.13. The molecule has 1 N–H and O–H groups in total. The molecular formula is C12H20N2O2. The molecule has 0 saturated carbocycles. The summed E-state index contributed by atoms with van der Waals surface area (Å²) in [5.74, 6) is -0.465. The van der Waals surface area contributed by atoms with E-state index in [0.29, 0.717) is 12.3 Å². The Kier molecular flexibility index (Phi) is 4.52. The number of carboxylic acids is 1. The standard InChI is InChI=1S/C12H20N2O2/c1-9(2)8-14-11(6-7-13-14)5-4-10(3)12(15)16/h6-7,9-10H,4-5,8H2,1-3H3,(H,15,16). The molecular weight excluding hydrogens is 204 g/mol. The number of nitrogens with zero attached hydrogens (tertiary/aromatic N) is 2. The molecule has 4 heteroatoms. The van der Waals surface area contributed by atoms with E-state index in [4.69, 9.17) is 5.11 Å². The summed E-state index contributed by atoms with van der Waals surface area (Å²) in [6.07, 6.45) is 3.22.